The second-order valence-electron chi connectivity index (χ2n) is 4.54. The number of halogens is 3. The van der Waals surface area contributed by atoms with Crippen molar-refractivity contribution in [1.29, 1.82) is 0 Å². The summed E-state index contributed by atoms with van der Waals surface area (Å²) in [5, 5.41) is 0.662. The lowest BCUT2D eigenvalue weighted by atomic mass is 10.1. The molecule has 0 spiro atoms. The van der Waals surface area contributed by atoms with Crippen LogP contribution in [-0.2, 0) is 6.42 Å². The van der Waals surface area contributed by atoms with Crippen molar-refractivity contribution in [2.24, 2.45) is 5.84 Å². The zero-order valence-corrected chi connectivity index (χ0v) is 12.7. The van der Waals surface area contributed by atoms with E-state index in [0.29, 0.717) is 22.8 Å². The Hall–Kier alpha value is -1.14. The van der Waals surface area contributed by atoms with Crippen LogP contribution in [0.25, 0.3) is 0 Å². The maximum Gasteiger partial charge on any atom is 0.126 e. The highest BCUT2D eigenvalue weighted by Crippen LogP contribution is 2.27. The first kappa shape index (κ1) is 16.2. The van der Waals surface area contributed by atoms with Crippen LogP contribution in [0.5, 0.6) is 0 Å². The SMILES string of the molecule is NNC(CSc1ccccc1Cl)Cc1cc(F)ccc1F. The summed E-state index contributed by atoms with van der Waals surface area (Å²) >= 11 is 7.59. The summed E-state index contributed by atoms with van der Waals surface area (Å²) in [6.45, 7) is 0. The molecule has 0 saturated carbocycles. The van der Waals surface area contributed by atoms with Gasteiger partial charge in [-0.3, -0.25) is 11.3 Å². The molecule has 0 radical (unpaired) electrons. The van der Waals surface area contributed by atoms with Crippen LogP contribution in [0.15, 0.2) is 47.4 Å². The van der Waals surface area contributed by atoms with Crippen LogP contribution in [0.4, 0.5) is 8.78 Å². The van der Waals surface area contributed by atoms with Gasteiger partial charge in [-0.25, -0.2) is 8.78 Å². The van der Waals surface area contributed by atoms with Gasteiger partial charge in [0.25, 0.3) is 0 Å². The molecule has 2 nitrogen and oxygen atoms in total. The molecular formula is C15H15ClF2N2S. The summed E-state index contributed by atoms with van der Waals surface area (Å²) < 4.78 is 26.8. The molecule has 0 aliphatic carbocycles. The van der Waals surface area contributed by atoms with Crippen molar-refractivity contribution in [3.63, 3.8) is 0 Å². The number of hydrogen-bond acceptors (Lipinski definition) is 3. The molecule has 112 valence electrons. The number of nitrogens with one attached hydrogen (secondary N) is 1. The molecule has 0 aliphatic rings. The number of nitrogens with two attached hydrogens (primary N) is 1. The van der Waals surface area contributed by atoms with E-state index in [1.165, 1.54) is 17.8 Å². The zero-order valence-electron chi connectivity index (χ0n) is 11.2. The highest BCUT2D eigenvalue weighted by atomic mass is 35.5. The maximum absolute atomic E-state index is 13.6. The minimum absolute atomic E-state index is 0.192. The van der Waals surface area contributed by atoms with Crippen LogP contribution in [0.1, 0.15) is 5.56 Å². The van der Waals surface area contributed by atoms with E-state index < -0.39 is 11.6 Å². The van der Waals surface area contributed by atoms with Crippen LogP contribution in [0.2, 0.25) is 5.02 Å². The number of benzene rings is 2. The minimum Gasteiger partial charge on any atom is -0.271 e. The Morgan fingerprint density at radius 1 is 1.19 bits per heavy atom. The third kappa shape index (κ3) is 4.68. The summed E-state index contributed by atoms with van der Waals surface area (Å²) in [5.41, 5.74) is 2.94. The molecule has 0 fully saturated rings. The highest BCUT2D eigenvalue weighted by Gasteiger charge is 2.13. The van der Waals surface area contributed by atoms with Gasteiger partial charge in [-0.15, -0.1) is 11.8 Å². The minimum atomic E-state index is -0.457. The monoisotopic (exact) mass is 328 g/mol. The van der Waals surface area contributed by atoms with E-state index >= 15 is 0 Å². The molecule has 0 saturated heterocycles. The second-order valence-corrected chi connectivity index (χ2v) is 6.01. The average molecular weight is 329 g/mol. The van der Waals surface area contributed by atoms with E-state index in [2.05, 4.69) is 5.43 Å². The van der Waals surface area contributed by atoms with Crippen LogP contribution in [0, 0.1) is 11.6 Å². The predicted molar refractivity (Wildman–Crippen MR) is 83.3 cm³/mol. The summed E-state index contributed by atoms with van der Waals surface area (Å²) in [6, 6.07) is 10.7. The number of hydrazine groups is 1. The van der Waals surface area contributed by atoms with Crippen molar-refractivity contribution in [3.05, 3.63) is 64.7 Å². The fraction of sp³-hybridized carbons (Fsp3) is 0.200. The Labute approximate surface area is 131 Å². The van der Waals surface area contributed by atoms with Gasteiger partial charge >= 0.3 is 0 Å². The molecular weight excluding hydrogens is 314 g/mol. The molecule has 0 heterocycles. The molecule has 1 atom stereocenters. The van der Waals surface area contributed by atoms with Crippen molar-refractivity contribution in [3.8, 4) is 0 Å². The zero-order chi connectivity index (χ0) is 15.2. The van der Waals surface area contributed by atoms with Crippen molar-refractivity contribution < 1.29 is 8.78 Å². The Morgan fingerprint density at radius 3 is 2.67 bits per heavy atom. The first-order valence-corrected chi connectivity index (χ1v) is 7.74. The highest BCUT2D eigenvalue weighted by molar-refractivity contribution is 7.99. The lowest BCUT2D eigenvalue weighted by Gasteiger charge is -2.16. The van der Waals surface area contributed by atoms with Gasteiger partial charge in [-0.05, 0) is 42.3 Å². The average Bonchev–Trinajstić information content (AvgIpc) is 2.48. The molecule has 0 aliphatic heterocycles. The third-order valence-corrected chi connectivity index (χ3v) is 4.66. The van der Waals surface area contributed by atoms with Crippen LogP contribution < -0.4 is 11.3 Å². The molecule has 2 rings (SSSR count). The van der Waals surface area contributed by atoms with Crippen molar-refractivity contribution in [2.45, 2.75) is 17.4 Å². The second kappa shape index (κ2) is 7.75. The number of thioether (sulfide) groups is 1. The van der Waals surface area contributed by atoms with Gasteiger partial charge in [0.05, 0.1) is 5.02 Å². The van der Waals surface area contributed by atoms with E-state index in [1.54, 1.807) is 6.07 Å². The smallest absolute Gasteiger partial charge is 0.126 e. The van der Waals surface area contributed by atoms with Gasteiger partial charge < -0.3 is 0 Å². The molecule has 21 heavy (non-hydrogen) atoms. The summed E-state index contributed by atoms with van der Waals surface area (Å²) in [7, 11) is 0. The number of hydrogen-bond donors (Lipinski definition) is 2. The van der Waals surface area contributed by atoms with Gasteiger partial charge in [0, 0.05) is 16.7 Å². The Kier molecular flexibility index (Phi) is 5.99. The van der Waals surface area contributed by atoms with Crippen LogP contribution in [-0.4, -0.2) is 11.8 Å². The fourth-order valence-electron chi connectivity index (χ4n) is 1.88. The quantitative estimate of drug-likeness (QED) is 0.481. The summed E-state index contributed by atoms with van der Waals surface area (Å²) in [5.74, 6) is 5.20. The fourth-order valence-corrected chi connectivity index (χ4v) is 3.16. The topological polar surface area (TPSA) is 38.0 Å². The van der Waals surface area contributed by atoms with Gasteiger partial charge in [-0.2, -0.15) is 0 Å². The molecule has 3 N–H and O–H groups in total. The van der Waals surface area contributed by atoms with E-state index in [1.807, 2.05) is 18.2 Å². The largest absolute Gasteiger partial charge is 0.271 e. The molecule has 6 heteroatoms. The van der Waals surface area contributed by atoms with E-state index in [-0.39, 0.29) is 6.04 Å². The van der Waals surface area contributed by atoms with Gasteiger partial charge in [0.15, 0.2) is 0 Å². The lowest BCUT2D eigenvalue weighted by Crippen LogP contribution is -2.38. The molecule has 1 unspecified atom stereocenters. The Morgan fingerprint density at radius 2 is 1.95 bits per heavy atom. The first-order chi connectivity index (χ1) is 10.1. The first-order valence-electron chi connectivity index (χ1n) is 6.37. The molecule has 0 bridgehead atoms. The molecule has 2 aromatic rings. The normalized spacial score (nSPS) is 12.4. The van der Waals surface area contributed by atoms with E-state index in [4.69, 9.17) is 17.4 Å². The van der Waals surface area contributed by atoms with Gasteiger partial charge in [0.2, 0.25) is 0 Å². The van der Waals surface area contributed by atoms with Crippen molar-refractivity contribution in [2.75, 3.05) is 5.75 Å². The standard InChI is InChI=1S/C15H15ClF2N2S/c16-13-3-1-2-4-15(13)21-9-12(20-19)8-10-7-11(17)5-6-14(10)18/h1-7,12,20H,8-9,19H2. The number of rotatable bonds is 6. The van der Waals surface area contributed by atoms with Crippen LogP contribution in [0.3, 0.4) is 0 Å². The Bertz CT molecular complexity index is 610. The van der Waals surface area contributed by atoms with Gasteiger partial charge in [0.1, 0.15) is 11.6 Å². The lowest BCUT2D eigenvalue weighted by molar-refractivity contribution is 0.538. The van der Waals surface area contributed by atoms with Gasteiger partial charge in [-0.1, -0.05) is 23.7 Å². The maximum atomic E-state index is 13.6. The van der Waals surface area contributed by atoms with Crippen molar-refractivity contribution >= 4 is 23.4 Å². The van der Waals surface area contributed by atoms with Crippen LogP contribution >= 0.6 is 23.4 Å². The molecule has 0 amide bonds. The third-order valence-electron chi connectivity index (χ3n) is 2.99. The van der Waals surface area contributed by atoms with E-state index in [9.17, 15) is 8.78 Å². The summed E-state index contributed by atoms with van der Waals surface area (Å²) in [4.78, 5) is 0.930. The van der Waals surface area contributed by atoms with Crippen molar-refractivity contribution in [1.82, 2.24) is 5.43 Å². The molecule has 0 aromatic heterocycles. The van der Waals surface area contributed by atoms with E-state index in [0.717, 1.165) is 17.0 Å². The Balaban J connectivity index is 2.00. The molecule has 2 aromatic carbocycles. The summed E-state index contributed by atoms with van der Waals surface area (Å²) in [6.07, 6.45) is 0.303. The predicted octanol–water partition coefficient (Wildman–Crippen LogP) is 3.78.